The number of nitrogens with zero attached hydrogens (tertiary/aromatic N) is 3. The largest absolute Gasteiger partial charge is 0.478 e. The lowest BCUT2D eigenvalue weighted by Crippen LogP contribution is -2.40. The molecule has 1 saturated heterocycles. The molecule has 32 heavy (non-hydrogen) atoms. The van der Waals surface area contributed by atoms with Gasteiger partial charge < -0.3 is 10.0 Å². The lowest BCUT2D eigenvalue weighted by Gasteiger charge is -2.31. The van der Waals surface area contributed by atoms with Gasteiger partial charge in [0.1, 0.15) is 11.9 Å². The highest BCUT2D eigenvalue weighted by atomic mass is 35.5. The van der Waals surface area contributed by atoms with E-state index >= 15 is 0 Å². The molecule has 1 aliphatic carbocycles. The topological polar surface area (TPSA) is 112 Å². The van der Waals surface area contributed by atoms with Crippen LogP contribution in [0.5, 0.6) is 0 Å². The first-order chi connectivity index (χ1) is 15.2. The summed E-state index contributed by atoms with van der Waals surface area (Å²) in [5.41, 5.74) is 0.798. The van der Waals surface area contributed by atoms with E-state index in [9.17, 15) is 22.7 Å². The first kappa shape index (κ1) is 21.5. The standard InChI is InChI=1S/C20H18ClFN4O4S2/c21-14-7-10(22)1-4-13(14)17-16(20(27)28)15-8-11(25-32(29,30)12-2-3-12)9-26(15)18(24-17)19-23-5-6-31-19/h1,4-7,11-12,17,25H,2-3,8-9H2,(H,27,28)/t11-,17?/m0/s1. The van der Waals surface area contributed by atoms with E-state index in [4.69, 9.17) is 11.6 Å². The van der Waals surface area contributed by atoms with Crippen LogP contribution in [-0.4, -0.2) is 53.0 Å². The number of rotatable bonds is 6. The Hall–Kier alpha value is -2.34. The van der Waals surface area contributed by atoms with Gasteiger partial charge in [0.05, 0.1) is 10.8 Å². The average Bonchev–Trinajstić information content (AvgIpc) is 3.30. The van der Waals surface area contributed by atoms with Crippen LogP contribution in [0, 0.1) is 5.82 Å². The van der Waals surface area contributed by atoms with Gasteiger partial charge in [0, 0.05) is 46.9 Å². The number of aliphatic imine (C=N–C) groups is 1. The van der Waals surface area contributed by atoms with E-state index in [2.05, 4.69) is 14.7 Å². The van der Waals surface area contributed by atoms with Gasteiger partial charge in [-0.1, -0.05) is 17.7 Å². The maximum atomic E-state index is 13.6. The Kier molecular flexibility index (Phi) is 5.31. The van der Waals surface area contributed by atoms with Gasteiger partial charge in [-0.15, -0.1) is 11.3 Å². The van der Waals surface area contributed by atoms with Crippen LogP contribution >= 0.6 is 22.9 Å². The summed E-state index contributed by atoms with van der Waals surface area (Å²) < 4.78 is 41.3. The minimum atomic E-state index is -3.46. The number of thiazole rings is 1. The molecule has 2 aromatic rings. The number of hydrogen-bond donors (Lipinski definition) is 2. The first-order valence-electron chi connectivity index (χ1n) is 9.92. The number of hydrogen-bond acceptors (Lipinski definition) is 7. The molecule has 1 aromatic carbocycles. The number of aromatic nitrogens is 1. The quantitative estimate of drug-likeness (QED) is 0.636. The third kappa shape index (κ3) is 3.83. The lowest BCUT2D eigenvalue weighted by molar-refractivity contribution is -0.133. The molecule has 1 aromatic heterocycles. The fourth-order valence-electron chi connectivity index (χ4n) is 4.10. The van der Waals surface area contributed by atoms with Crippen molar-refractivity contribution in [2.75, 3.05) is 6.54 Å². The van der Waals surface area contributed by atoms with Gasteiger partial charge in [0.2, 0.25) is 10.0 Å². The second-order valence-corrected chi connectivity index (χ2v) is 11.2. The highest BCUT2D eigenvalue weighted by molar-refractivity contribution is 7.90. The van der Waals surface area contributed by atoms with Crippen LogP contribution in [-0.2, 0) is 14.8 Å². The molecule has 5 rings (SSSR count). The molecule has 0 radical (unpaired) electrons. The van der Waals surface area contributed by atoms with Crippen LogP contribution in [0.2, 0.25) is 5.02 Å². The predicted molar refractivity (Wildman–Crippen MR) is 118 cm³/mol. The van der Waals surface area contributed by atoms with Crippen molar-refractivity contribution < 1.29 is 22.7 Å². The Bertz CT molecular complexity index is 1260. The molecule has 2 fully saturated rings. The number of aliphatic carboxylic acids is 1. The molecule has 2 aliphatic heterocycles. The van der Waals surface area contributed by atoms with Crippen LogP contribution in [0.3, 0.4) is 0 Å². The van der Waals surface area contributed by atoms with E-state index in [1.165, 1.54) is 23.5 Å². The SMILES string of the molecule is O=C(O)C1=C2C[C@H](NS(=O)(=O)C3CC3)CN2C(c2nccs2)=NC1c1ccc(F)cc1Cl. The minimum absolute atomic E-state index is 0.00747. The molecule has 168 valence electrons. The number of carbonyl (C=O) groups is 1. The summed E-state index contributed by atoms with van der Waals surface area (Å²) in [5.74, 6) is -1.29. The molecule has 8 nitrogen and oxygen atoms in total. The molecule has 0 bridgehead atoms. The molecule has 2 atom stereocenters. The number of carboxylic acids is 1. The van der Waals surface area contributed by atoms with Crippen molar-refractivity contribution in [1.29, 1.82) is 0 Å². The normalized spacial score (nSPS) is 23.3. The molecule has 2 N–H and O–H groups in total. The zero-order chi connectivity index (χ0) is 22.6. The Balaban J connectivity index is 1.61. The summed E-state index contributed by atoms with van der Waals surface area (Å²) in [6.07, 6.45) is 3.06. The fourth-order valence-corrected chi connectivity index (χ4v) is 6.58. The maximum absolute atomic E-state index is 13.6. The molecular formula is C20H18ClFN4O4S2. The number of carboxylic acid groups (broad SMARTS) is 1. The van der Waals surface area contributed by atoms with Crippen molar-refractivity contribution in [1.82, 2.24) is 14.6 Å². The summed E-state index contributed by atoms with van der Waals surface area (Å²) in [5, 5.41) is 12.1. The molecular weight excluding hydrogens is 479 g/mol. The predicted octanol–water partition coefficient (Wildman–Crippen LogP) is 2.93. The smallest absolute Gasteiger partial charge is 0.335 e. The van der Waals surface area contributed by atoms with Crippen LogP contribution < -0.4 is 4.72 Å². The van der Waals surface area contributed by atoms with Crippen LogP contribution in [0.4, 0.5) is 4.39 Å². The van der Waals surface area contributed by atoms with Gasteiger partial charge in [-0.25, -0.2) is 27.3 Å². The van der Waals surface area contributed by atoms with Gasteiger partial charge in [0.25, 0.3) is 0 Å². The number of fused-ring (bicyclic) bond motifs is 1. The lowest BCUT2D eigenvalue weighted by atomic mass is 9.94. The third-order valence-corrected chi connectivity index (χ3v) is 8.77. The molecule has 0 amide bonds. The van der Waals surface area contributed by atoms with Crippen LogP contribution in [0.1, 0.15) is 35.9 Å². The summed E-state index contributed by atoms with van der Waals surface area (Å²) in [6.45, 7) is 0.236. The van der Waals surface area contributed by atoms with Crippen molar-refractivity contribution in [3.05, 3.63) is 62.5 Å². The zero-order valence-electron chi connectivity index (χ0n) is 16.5. The van der Waals surface area contributed by atoms with Crippen molar-refractivity contribution in [2.24, 2.45) is 4.99 Å². The van der Waals surface area contributed by atoms with E-state index in [1.54, 1.807) is 16.5 Å². The van der Waals surface area contributed by atoms with Crippen molar-refractivity contribution in [3.8, 4) is 0 Å². The highest BCUT2D eigenvalue weighted by Gasteiger charge is 2.44. The second-order valence-electron chi connectivity index (χ2n) is 7.90. The molecule has 1 saturated carbocycles. The number of halogens is 2. The highest BCUT2D eigenvalue weighted by Crippen LogP contribution is 2.42. The maximum Gasteiger partial charge on any atom is 0.335 e. The van der Waals surface area contributed by atoms with Crippen LogP contribution in [0.25, 0.3) is 0 Å². The summed E-state index contributed by atoms with van der Waals surface area (Å²) in [4.78, 5) is 23.1. The Labute approximate surface area is 192 Å². The molecule has 0 spiro atoms. The van der Waals surface area contributed by atoms with E-state index in [1.807, 2.05) is 0 Å². The van der Waals surface area contributed by atoms with E-state index in [0.717, 1.165) is 6.07 Å². The van der Waals surface area contributed by atoms with Crippen molar-refractivity contribution in [3.63, 3.8) is 0 Å². The number of sulfonamides is 1. The van der Waals surface area contributed by atoms with Gasteiger partial charge in [0.15, 0.2) is 10.8 Å². The summed E-state index contributed by atoms with van der Waals surface area (Å²) >= 11 is 7.60. The fraction of sp³-hybridized carbons (Fsp3) is 0.350. The summed E-state index contributed by atoms with van der Waals surface area (Å²) in [6, 6.07) is 2.26. The number of benzene rings is 1. The van der Waals surface area contributed by atoms with Crippen molar-refractivity contribution >= 4 is 44.8 Å². The Morgan fingerprint density at radius 2 is 2.12 bits per heavy atom. The molecule has 3 aliphatic rings. The minimum Gasteiger partial charge on any atom is -0.478 e. The van der Waals surface area contributed by atoms with Gasteiger partial charge in [-0.2, -0.15) is 0 Å². The molecule has 12 heteroatoms. The second kappa shape index (κ2) is 7.91. The zero-order valence-corrected chi connectivity index (χ0v) is 18.9. The Morgan fingerprint density at radius 1 is 1.34 bits per heavy atom. The molecule has 1 unspecified atom stereocenters. The van der Waals surface area contributed by atoms with Crippen LogP contribution in [0.15, 0.2) is 46.0 Å². The Morgan fingerprint density at radius 3 is 2.75 bits per heavy atom. The summed E-state index contributed by atoms with van der Waals surface area (Å²) in [7, 11) is -3.46. The third-order valence-electron chi connectivity index (χ3n) is 5.67. The number of nitrogens with one attached hydrogen (secondary N) is 1. The first-order valence-corrected chi connectivity index (χ1v) is 12.7. The monoisotopic (exact) mass is 496 g/mol. The van der Waals surface area contributed by atoms with Crippen molar-refractivity contribution in [2.45, 2.75) is 36.6 Å². The molecule has 3 heterocycles. The number of amidine groups is 1. The van der Waals surface area contributed by atoms with Gasteiger partial charge in [-0.05, 0) is 25.0 Å². The van der Waals surface area contributed by atoms with E-state index in [0.29, 0.717) is 34.9 Å². The van der Waals surface area contributed by atoms with Gasteiger partial charge in [-0.3, -0.25) is 4.99 Å². The van der Waals surface area contributed by atoms with E-state index < -0.39 is 33.9 Å². The average molecular weight is 497 g/mol. The van der Waals surface area contributed by atoms with Gasteiger partial charge >= 0.3 is 5.97 Å². The van der Waals surface area contributed by atoms with E-state index in [-0.39, 0.29) is 28.8 Å².